The zero-order valence-corrected chi connectivity index (χ0v) is 14.5. The number of carbonyl (C=O) groups is 2. The van der Waals surface area contributed by atoms with Gasteiger partial charge in [0.25, 0.3) is 0 Å². The van der Waals surface area contributed by atoms with Crippen molar-refractivity contribution < 1.29 is 14.8 Å². The molecule has 0 fully saturated rings. The Morgan fingerprint density at radius 2 is 2.00 bits per heavy atom. The molecule has 1 heterocycles. The van der Waals surface area contributed by atoms with Gasteiger partial charge in [0.2, 0.25) is 5.91 Å². The first-order valence-corrected chi connectivity index (χ1v) is 8.49. The number of amides is 1. The van der Waals surface area contributed by atoms with Crippen LogP contribution in [0.1, 0.15) is 46.0 Å². The number of fused-ring (bicyclic) bond motifs is 2. The molecule has 0 atom stereocenters. The van der Waals surface area contributed by atoms with E-state index in [2.05, 4.69) is 11.8 Å². The summed E-state index contributed by atoms with van der Waals surface area (Å²) in [6.07, 6.45) is 1.02. The average molecular weight is 338 g/mol. The molecule has 0 saturated heterocycles. The molecular formula is C20H22N2O3. The van der Waals surface area contributed by atoms with E-state index in [1.54, 1.807) is 5.48 Å². The molecular weight excluding hydrogens is 316 g/mol. The van der Waals surface area contributed by atoms with Gasteiger partial charge < -0.3 is 4.90 Å². The zero-order valence-electron chi connectivity index (χ0n) is 14.5. The van der Waals surface area contributed by atoms with Crippen molar-refractivity contribution in [2.45, 2.75) is 33.2 Å². The van der Waals surface area contributed by atoms with Gasteiger partial charge in [-0.05, 0) is 36.1 Å². The summed E-state index contributed by atoms with van der Waals surface area (Å²) in [6, 6.07) is 11.5. The maximum Gasteiger partial charge on any atom is 0.247 e. The number of ketones is 1. The van der Waals surface area contributed by atoms with E-state index < -0.39 is 5.91 Å². The number of hydrogen-bond donors (Lipinski definition) is 2. The average Bonchev–Trinajstić information content (AvgIpc) is 2.73. The number of hydroxylamine groups is 1. The molecule has 3 rings (SSSR count). The normalized spacial score (nSPS) is 13.1. The standard InChI is InChI=1S/C20H22N2O3/c1-3-10-22-12-15-6-4-5-7-16(15)20(24)19-13(2)14(8-9-17(19)22)11-18(23)21-25/h4-9,25H,3,10-12H2,1-2H3,(H,21,23). The van der Waals surface area contributed by atoms with Crippen LogP contribution in [0.25, 0.3) is 0 Å². The van der Waals surface area contributed by atoms with Gasteiger partial charge in [0.1, 0.15) is 0 Å². The Kier molecular flexibility index (Phi) is 4.86. The van der Waals surface area contributed by atoms with E-state index in [4.69, 9.17) is 5.21 Å². The molecule has 2 aromatic rings. The van der Waals surface area contributed by atoms with Gasteiger partial charge in [-0.25, -0.2) is 5.48 Å². The molecule has 0 aliphatic carbocycles. The first-order chi connectivity index (χ1) is 12.1. The highest BCUT2D eigenvalue weighted by atomic mass is 16.5. The Morgan fingerprint density at radius 1 is 1.24 bits per heavy atom. The van der Waals surface area contributed by atoms with Crippen LogP contribution in [0.5, 0.6) is 0 Å². The van der Waals surface area contributed by atoms with Gasteiger partial charge in [0, 0.05) is 29.9 Å². The maximum absolute atomic E-state index is 13.2. The second-order valence-corrected chi connectivity index (χ2v) is 6.36. The van der Waals surface area contributed by atoms with Crippen molar-refractivity contribution in [1.82, 2.24) is 5.48 Å². The summed E-state index contributed by atoms with van der Waals surface area (Å²) in [7, 11) is 0. The van der Waals surface area contributed by atoms with Crippen LogP contribution in [0, 0.1) is 6.92 Å². The third-order valence-electron chi connectivity index (χ3n) is 4.72. The summed E-state index contributed by atoms with van der Waals surface area (Å²) in [5.74, 6) is -0.497. The van der Waals surface area contributed by atoms with Gasteiger partial charge in [-0.2, -0.15) is 0 Å². The third kappa shape index (κ3) is 3.15. The Bertz CT molecular complexity index is 830. The fourth-order valence-corrected chi connectivity index (χ4v) is 3.47. The molecule has 0 saturated carbocycles. The molecule has 1 amide bonds. The van der Waals surface area contributed by atoms with E-state index in [1.807, 2.05) is 43.3 Å². The van der Waals surface area contributed by atoms with Crippen molar-refractivity contribution in [3.63, 3.8) is 0 Å². The Hall–Kier alpha value is -2.66. The Morgan fingerprint density at radius 3 is 2.72 bits per heavy atom. The van der Waals surface area contributed by atoms with E-state index in [-0.39, 0.29) is 12.2 Å². The smallest absolute Gasteiger partial charge is 0.247 e. The highest BCUT2D eigenvalue weighted by Crippen LogP contribution is 2.34. The molecule has 2 aromatic carbocycles. The number of rotatable bonds is 4. The fraction of sp³-hybridized carbons (Fsp3) is 0.300. The minimum atomic E-state index is -0.491. The van der Waals surface area contributed by atoms with Crippen molar-refractivity contribution in [3.05, 3.63) is 64.2 Å². The van der Waals surface area contributed by atoms with Crippen LogP contribution in [0.2, 0.25) is 0 Å². The van der Waals surface area contributed by atoms with Gasteiger partial charge >= 0.3 is 0 Å². The van der Waals surface area contributed by atoms with Crippen LogP contribution >= 0.6 is 0 Å². The number of carbonyl (C=O) groups excluding carboxylic acids is 2. The first-order valence-electron chi connectivity index (χ1n) is 8.49. The molecule has 0 unspecified atom stereocenters. The van der Waals surface area contributed by atoms with E-state index in [0.717, 1.165) is 35.3 Å². The number of anilines is 1. The fourth-order valence-electron chi connectivity index (χ4n) is 3.47. The van der Waals surface area contributed by atoms with Crippen LogP contribution in [0.15, 0.2) is 36.4 Å². The third-order valence-corrected chi connectivity index (χ3v) is 4.72. The van der Waals surface area contributed by atoms with Crippen LogP contribution in [-0.4, -0.2) is 23.4 Å². The van der Waals surface area contributed by atoms with Crippen molar-refractivity contribution in [3.8, 4) is 0 Å². The van der Waals surface area contributed by atoms with E-state index >= 15 is 0 Å². The van der Waals surface area contributed by atoms with Crippen LogP contribution in [0.3, 0.4) is 0 Å². The quantitative estimate of drug-likeness (QED) is 0.664. The van der Waals surface area contributed by atoms with Crippen LogP contribution < -0.4 is 10.4 Å². The second kappa shape index (κ2) is 7.07. The summed E-state index contributed by atoms with van der Waals surface area (Å²) in [5.41, 5.74) is 6.50. The van der Waals surface area contributed by atoms with Crippen LogP contribution in [0.4, 0.5) is 5.69 Å². The minimum absolute atomic E-state index is 0.00652. The van der Waals surface area contributed by atoms with Gasteiger partial charge in [-0.1, -0.05) is 37.3 Å². The Balaban J connectivity index is 2.17. The lowest BCUT2D eigenvalue weighted by molar-refractivity contribution is -0.128. The summed E-state index contributed by atoms with van der Waals surface area (Å²) >= 11 is 0. The number of nitrogens with one attached hydrogen (secondary N) is 1. The van der Waals surface area contributed by atoms with Crippen molar-refractivity contribution in [1.29, 1.82) is 0 Å². The molecule has 0 radical (unpaired) electrons. The summed E-state index contributed by atoms with van der Waals surface area (Å²) in [5, 5.41) is 8.79. The van der Waals surface area contributed by atoms with Gasteiger partial charge in [0.05, 0.1) is 6.42 Å². The van der Waals surface area contributed by atoms with Gasteiger partial charge in [0.15, 0.2) is 5.78 Å². The first kappa shape index (κ1) is 17.2. The summed E-state index contributed by atoms with van der Waals surface area (Å²) in [4.78, 5) is 27.0. The molecule has 0 spiro atoms. The molecule has 1 aliphatic rings. The lowest BCUT2D eigenvalue weighted by atomic mass is 9.92. The van der Waals surface area contributed by atoms with E-state index in [9.17, 15) is 9.59 Å². The lowest BCUT2D eigenvalue weighted by Crippen LogP contribution is -2.25. The maximum atomic E-state index is 13.2. The molecule has 2 N–H and O–H groups in total. The SMILES string of the molecule is CCCN1Cc2ccccc2C(=O)c2c1ccc(CC(=O)NO)c2C. The molecule has 0 aromatic heterocycles. The topological polar surface area (TPSA) is 69.6 Å². The van der Waals surface area contributed by atoms with E-state index in [1.165, 1.54) is 0 Å². The van der Waals surface area contributed by atoms with Crippen molar-refractivity contribution in [2.24, 2.45) is 0 Å². The molecule has 130 valence electrons. The van der Waals surface area contributed by atoms with E-state index in [0.29, 0.717) is 17.7 Å². The van der Waals surface area contributed by atoms with Gasteiger partial charge in [-0.15, -0.1) is 0 Å². The number of hydrogen-bond acceptors (Lipinski definition) is 4. The van der Waals surface area contributed by atoms with Crippen molar-refractivity contribution in [2.75, 3.05) is 11.4 Å². The summed E-state index contributed by atoms with van der Waals surface area (Å²) in [6.45, 7) is 5.53. The molecule has 5 heteroatoms. The molecule has 1 aliphatic heterocycles. The predicted octanol–water partition coefficient (Wildman–Crippen LogP) is 3.00. The Labute approximate surface area is 147 Å². The monoisotopic (exact) mass is 338 g/mol. The molecule has 5 nitrogen and oxygen atoms in total. The number of nitrogens with zero attached hydrogens (tertiary/aromatic N) is 1. The largest absolute Gasteiger partial charge is 0.367 e. The highest BCUT2D eigenvalue weighted by molar-refractivity contribution is 6.15. The second-order valence-electron chi connectivity index (χ2n) is 6.36. The molecule has 25 heavy (non-hydrogen) atoms. The molecule has 0 bridgehead atoms. The summed E-state index contributed by atoms with van der Waals surface area (Å²) < 4.78 is 0. The van der Waals surface area contributed by atoms with Gasteiger partial charge in [-0.3, -0.25) is 14.8 Å². The zero-order chi connectivity index (χ0) is 18.0. The van der Waals surface area contributed by atoms with Crippen LogP contribution in [-0.2, 0) is 17.8 Å². The lowest BCUT2D eigenvalue weighted by Gasteiger charge is -2.25. The predicted molar refractivity (Wildman–Crippen MR) is 96.0 cm³/mol. The van der Waals surface area contributed by atoms with Crippen molar-refractivity contribution >= 4 is 17.4 Å². The highest BCUT2D eigenvalue weighted by Gasteiger charge is 2.27. The minimum Gasteiger partial charge on any atom is -0.367 e. The number of benzene rings is 2.